The van der Waals surface area contributed by atoms with E-state index in [1.54, 1.807) is 0 Å². The van der Waals surface area contributed by atoms with Gasteiger partial charge in [-0.05, 0) is 61.9 Å². The standard InChI is InChI=1S/C24H32O2P.Li/c1-6-8-9-20(7-2)16-26-21-10-12-22(13-11-21)27-24(25)23-18(4)14-17(3)15-19(23)5;/h10-15,20H,6-9,16H2,1-5H3;/q-1;+1. The Morgan fingerprint density at radius 1 is 1.04 bits per heavy atom. The number of hydrogen-bond acceptors (Lipinski definition) is 2. The van der Waals surface area contributed by atoms with E-state index in [9.17, 15) is 4.79 Å². The summed E-state index contributed by atoms with van der Waals surface area (Å²) in [6, 6.07) is 12.1. The summed E-state index contributed by atoms with van der Waals surface area (Å²) in [6.45, 7) is 11.3. The Balaban J connectivity index is 0.00000392. The first kappa shape index (κ1) is 25.0. The van der Waals surface area contributed by atoms with Gasteiger partial charge in [-0.15, -0.1) is 0 Å². The van der Waals surface area contributed by atoms with E-state index in [1.807, 2.05) is 38.1 Å². The fourth-order valence-corrected chi connectivity index (χ4v) is 4.42. The number of aryl methyl sites for hydroxylation is 3. The van der Waals surface area contributed by atoms with E-state index in [0.29, 0.717) is 14.5 Å². The molecule has 2 aromatic carbocycles. The maximum absolute atomic E-state index is 12.8. The minimum absolute atomic E-state index is 0. The number of rotatable bonds is 10. The number of benzene rings is 2. The second-order valence-electron chi connectivity index (χ2n) is 7.41. The molecule has 0 aliphatic carbocycles. The van der Waals surface area contributed by atoms with Gasteiger partial charge in [0.15, 0.2) is 0 Å². The third-order valence-electron chi connectivity index (χ3n) is 4.99. The molecule has 146 valence electrons. The molecule has 0 aliphatic heterocycles. The van der Waals surface area contributed by atoms with Crippen LogP contribution in [0.1, 0.15) is 66.6 Å². The Labute approximate surface area is 184 Å². The zero-order valence-electron chi connectivity index (χ0n) is 18.3. The second-order valence-corrected chi connectivity index (χ2v) is 8.56. The number of ether oxygens (including phenoxy) is 1. The van der Waals surface area contributed by atoms with Crippen molar-refractivity contribution in [2.24, 2.45) is 5.92 Å². The minimum atomic E-state index is 0. The molecule has 0 N–H and O–H groups in total. The maximum Gasteiger partial charge on any atom is 1.00 e. The Morgan fingerprint density at radius 2 is 1.64 bits per heavy atom. The molecule has 0 saturated heterocycles. The average molecular weight is 390 g/mol. The van der Waals surface area contributed by atoms with Crippen molar-refractivity contribution in [1.82, 2.24) is 0 Å². The Bertz CT molecular complexity index is 733. The van der Waals surface area contributed by atoms with Crippen LogP contribution in [-0.4, -0.2) is 12.1 Å². The number of carbonyl (C=O) groups is 1. The van der Waals surface area contributed by atoms with Crippen LogP contribution in [0.2, 0.25) is 0 Å². The molecule has 28 heavy (non-hydrogen) atoms. The van der Waals surface area contributed by atoms with Crippen LogP contribution in [0.25, 0.3) is 0 Å². The molecule has 1 atom stereocenters. The van der Waals surface area contributed by atoms with Crippen molar-refractivity contribution in [3.63, 3.8) is 0 Å². The summed E-state index contributed by atoms with van der Waals surface area (Å²) in [7, 11) is 0.715. The third kappa shape index (κ3) is 7.40. The number of carbonyl (C=O) groups excluding carboxylic acids is 1. The summed E-state index contributed by atoms with van der Waals surface area (Å²) in [5.74, 6) is 1.51. The molecular formula is C24H32LiO2P. The molecule has 0 spiro atoms. The van der Waals surface area contributed by atoms with Crippen LogP contribution >= 0.6 is 8.58 Å². The Morgan fingerprint density at radius 3 is 2.18 bits per heavy atom. The van der Waals surface area contributed by atoms with Crippen molar-refractivity contribution >= 4 is 19.4 Å². The molecule has 0 radical (unpaired) electrons. The van der Waals surface area contributed by atoms with Gasteiger partial charge in [0.1, 0.15) is 5.75 Å². The van der Waals surface area contributed by atoms with E-state index in [0.717, 1.165) is 40.8 Å². The predicted octanol–water partition coefficient (Wildman–Crippen LogP) is 3.62. The first-order valence-corrected chi connectivity index (χ1v) is 10.9. The summed E-state index contributed by atoms with van der Waals surface area (Å²) < 4.78 is 5.96. The summed E-state index contributed by atoms with van der Waals surface area (Å²) in [5.41, 5.74) is 4.32. The fraction of sp³-hybridized carbons (Fsp3) is 0.458. The molecule has 2 nitrogen and oxygen atoms in total. The summed E-state index contributed by atoms with van der Waals surface area (Å²) in [6.07, 6.45) is 4.88. The summed E-state index contributed by atoms with van der Waals surface area (Å²) >= 11 is 0. The topological polar surface area (TPSA) is 26.3 Å². The first-order valence-electron chi connectivity index (χ1n) is 10.0. The average Bonchev–Trinajstić information content (AvgIpc) is 2.62. The van der Waals surface area contributed by atoms with Crippen LogP contribution in [0.3, 0.4) is 0 Å². The zero-order valence-corrected chi connectivity index (χ0v) is 19.2. The van der Waals surface area contributed by atoms with E-state index in [2.05, 4.69) is 32.9 Å². The third-order valence-corrected chi connectivity index (χ3v) is 5.97. The molecule has 0 saturated carbocycles. The van der Waals surface area contributed by atoms with Gasteiger partial charge in [0.25, 0.3) is 0 Å². The van der Waals surface area contributed by atoms with Gasteiger partial charge in [0.05, 0.1) is 6.61 Å². The van der Waals surface area contributed by atoms with Crippen LogP contribution in [0, 0.1) is 26.7 Å². The molecule has 0 amide bonds. The van der Waals surface area contributed by atoms with Crippen LogP contribution in [0.5, 0.6) is 5.75 Å². The molecule has 1 unspecified atom stereocenters. The van der Waals surface area contributed by atoms with Gasteiger partial charge in [-0.3, -0.25) is 0 Å². The Hall–Kier alpha value is -1.06. The van der Waals surface area contributed by atoms with Crippen molar-refractivity contribution < 1.29 is 28.4 Å². The molecular weight excluding hydrogens is 358 g/mol. The normalized spacial score (nSPS) is 12.0. The van der Waals surface area contributed by atoms with Crippen LogP contribution in [0.15, 0.2) is 36.4 Å². The minimum Gasteiger partial charge on any atom is -0.493 e. The van der Waals surface area contributed by atoms with E-state index in [-0.39, 0.29) is 24.4 Å². The van der Waals surface area contributed by atoms with Gasteiger partial charge in [-0.25, -0.2) is 0 Å². The van der Waals surface area contributed by atoms with Crippen molar-refractivity contribution in [2.45, 2.75) is 60.3 Å². The molecule has 2 aromatic rings. The second kappa shape index (κ2) is 12.5. The molecule has 0 aromatic heterocycles. The number of unbranched alkanes of at least 4 members (excludes halogenated alkanes) is 1. The summed E-state index contributed by atoms with van der Waals surface area (Å²) in [4.78, 5) is 12.8. The zero-order chi connectivity index (χ0) is 19.8. The van der Waals surface area contributed by atoms with Crippen molar-refractivity contribution in [3.8, 4) is 5.75 Å². The fourth-order valence-electron chi connectivity index (χ4n) is 3.42. The molecule has 0 heterocycles. The van der Waals surface area contributed by atoms with E-state index >= 15 is 0 Å². The SMILES string of the molecule is CCCCC(CC)COc1ccc([P-]C(=O)c2c(C)cc(C)cc2C)cc1.[Li+]. The molecule has 0 fully saturated rings. The van der Waals surface area contributed by atoms with Crippen molar-refractivity contribution in [3.05, 3.63) is 58.7 Å². The summed E-state index contributed by atoms with van der Waals surface area (Å²) in [5, 5.41) is 1.00. The van der Waals surface area contributed by atoms with Crippen LogP contribution < -0.4 is 28.9 Å². The predicted molar refractivity (Wildman–Crippen MR) is 117 cm³/mol. The van der Waals surface area contributed by atoms with Crippen LogP contribution in [-0.2, 0) is 0 Å². The monoisotopic (exact) mass is 390 g/mol. The van der Waals surface area contributed by atoms with Gasteiger partial charge < -0.3 is 18.1 Å². The molecule has 0 aliphatic rings. The molecule has 0 bridgehead atoms. The molecule has 2 rings (SSSR count). The largest absolute Gasteiger partial charge is 1.00 e. The van der Waals surface area contributed by atoms with Gasteiger partial charge >= 0.3 is 18.9 Å². The maximum atomic E-state index is 12.8. The molecule has 4 heteroatoms. The van der Waals surface area contributed by atoms with Gasteiger partial charge in [-0.1, -0.05) is 62.9 Å². The van der Waals surface area contributed by atoms with Gasteiger partial charge in [0, 0.05) is 5.52 Å². The smallest absolute Gasteiger partial charge is 0.493 e. The first-order chi connectivity index (χ1) is 12.9. The number of hydrogen-bond donors (Lipinski definition) is 0. The van der Waals surface area contributed by atoms with E-state index in [1.165, 1.54) is 24.8 Å². The van der Waals surface area contributed by atoms with Gasteiger partial charge in [-0.2, -0.15) is 5.30 Å². The van der Waals surface area contributed by atoms with Gasteiger partial charge in [0.2, 0.25) is 0 Å². The Kier molecular flexibility index (Phi) is 11.1. The van der Waals surface area contributed by atoms with E-state index in [4.69, 9.17) is 4.74 Å². The van der Waals surface area contributed by atoms with Crippen molar-refractivity contribution in [1.29, 1.82) is 0 Å². The van der Waals surface area contributed by atoms with Crippen molar-refractivity contribution in [2.75, 3.05) is 6.61 Å². The van der Waals surface area contributed by atoms with Crippen LogP contribution in [0.4, 0.5) is 0 Å². The quantitative estimate of drug-likeness (QED) is 0.458. The van der Waals surface area contributed by atoms with E-state index < -0.39 is 0 Å².